The lowest BCUT2D eigenvalue weighted by Crippen LogP contribution is -2.27. The first-order chi connectivity index (χ1) is 9.99. The van der Waals surface area contributed by atoms with Gasteiger partial charge in [0.1, 0.15) is 12.3 Å². The Morgan fingerprint density at radius 3 is 2.81 bits per heavy atom. The molecule has 1 heterocycles. The van der Waals surface area contributed by atoms with E-state index in [9.17, 15) is 9.59 Å². The van der Waals surface area contributed by atoms with Crippen molar-refractivity contribution >= 4 is 33.2 Å². The average Bonchev–Trinajstić information content (AvgIpc) is 2.43. The summed E-state index contributed by atoms with van der Waals surface area (Å²) in [7, 11) is 1.56. The van der Waals surface area contributed by atoms with Crippen LogP contribution < -0.4 is 21.3 Å². The van der Waals surface area contributed by atoms with Gasteiger partial charge in [0.15, 0.2) is 0 Å². The van der Waals surface area contributed by atoms with Crippen molar-refractivity contribution in [2.24, 2.45) is 0 Å². The lowest BCUT2D eigenvalue weighted by Gasteiger charge is -2.09. The number of carbonyl (C=O) groups excluding carboxylic acids is 1. The zero-order valence-corrected chi connectivity index (χ0v) is 12.9. The molecule has 0 aliphatic carbocycles. The third-order valence-electron chi connectivity index (χ3n) is 2.76. The summed E-state index contributed by atoms with van der Waals surface area (Å²) in [6.45, 7) is -0.104. The van der Waals surface area contributed by atoms with E-state index in [1.54, 1.807) is 25.3 Å². The molecule has 3 N–H and O–H groups in total. The van der Waals surface area contributed by atoms with Gasteiger partial charge < -0.3 is 20.4 Å². The van der Waals surface area contributed by atoms with Crippen LogP contribution in [0.2, 0.25) is 0 Å². The minimum absolute atomic E-state index is 0.104. The van der Waals surface area contributed by atoms with E-state index in [2.05, 4.69) is 21.2 Å². The molecule has 1 amide bonds. The van der Waals surface area contributed by atoms with Gasteiger partial charge in [0.05, 0.1) is 11.6 Å². The second-order valence-corrected chi connectivity index (χ2v) is 5.18. The highest BCUT2D eigenvalue weighted by Crippen LogP contribution is 2.27. The Bertz CT molecular complexity index is 728. The van der Waals surface area contributed by atoms with Gasteiger partial charge in [0.2, 0.25) is 5.91 Å². The molecule has 0 saturated carbocycles. The van der Waals surface area contributed by atoms with E-state index >= 15 is 0 Å². The van der Waals surface area contributed by atoms with Crippen molar-refractivity contribution < 1.29 is 9.53 Å². The fourth-order valence-corrected chi connectivity index (χ4v) is 2.31. The van der Waals surface area contributed by atoms with Crippen LogP contribution in [0.3, 0.4) is 0 Å². The van der Waals surface area contributed by atoms with Crippen molar-refractivity contribution in [3.63, 3.8) is 0 Å². The number of nitrogens with two attached hydrogens (primary N) is 1. The van der Waals surface area contributed by atoms with Crippen LogP contribution in [0.4, 0.5) is 11.4 Å². The summed E-state index contributed by atoms with van der Waals surface area (Å²) in [5.41, 5.74) is 6.34. The van der Waals surface area contributed by atoms with Gasteiger partial charge in [0, 0.05) is 23.6 Å². The molecule has 0 saturated heterocycles. The number of amides is 1. The second-order valence-electron chi connectivity index (χ2n) is 4.33. The summed E-state index contributed by atoms with van der Waals surface area (Å²) in [5.74, 6) is 0.347. The summed E-state index contributed by atoms with van der Waals surface area (Å²) >= 11 is 3.34. The lowest BCUT2D eigenvalue weighted by atomic mass is 10.3. The van der Waals surface area contributed by atoms with Crippen LogP contribution in [-0.2, 0) is 11.3 Å². The fraction of sp³-hybridized carbons (Fsp3) is 0.143. The van der Waals surface area contributed by atoms with Gasteiger partial charge in [-0.25, -0.2) is 0 Å². The standard InChI is InChI=1S/C14H14BrN3O3/c1-21-12-4-3-10(6-11(12)15)17-13(19)8-18-7-9(16)2-5-14(18)20/h2-7H,8,16H2,1H3,(H,17,19). The molecule has 0 radical (unpaired) electrons. The number of nitrogens with one attached hydrogen (secondary N) is 1. The zero-order valence-electron chi connectivity index (χ0n) is 11.3. The third kappa shape index (κ3) is 3.85. The minimum atomic E-state index is -0.320. The van der Waals surface area contributed by atoms with Gasteiger partial charge in [-0.05, 0) is 40.2 Å². The molecule has 1 aromatic heterocycles. The van der Waals surface area contributed by atoms with E-state index in [0.717, 1.165) is 4.47 Å². The molecule has 0 bridgehead atoms. The number of carbonyl (C=O) groups is 1. The zero-order chi connectivity index (χ0) is 15.4. The van der Waals surface area contributed by atoms with Gasteiger partial charge in [-0.1, -0.05) is 0 Å². The first-order valence-corrected chi connectivity index (χ1v) is 6.88. The van der Waals surface area contributed by atoms with Gasteiger partial charge in [-0.2, -0.15) is 0 Å². The topological polar surface area (TPSA) is 86.3 Å². The molecule has 6 nitrogen and oxygen atoms in total. The molecule has 0 unspecified atom stereocenters. The average molecular weight is 352 g/mol. The Kier molecular flexibility index (Phi) is 4.64. The highest BCUT2D eigenvalue weighted by molar-refractivity contribution is 9.10. The van der Waals surface area contributed by atoms with Crippen molar-refractivity contribution in [1.29, 1.82) is 0 Å². The Balaban J connectivity index is 2.10. The molecule has 0 spiro atoms. The summed E-state index contributed by atoms with van der Waals surface area (Å²) in [5, 5.41) is 2.70. The number of benzene rings is 1. The normalized spacial score (nSPS) is 10.2. The maximum atomic E-state index is 12.0. The molecule has 0 aliphatic rings. The predicted molar refractivity (Wildman–Crippen MR) is 84.4 cm³/mol. The highest BCUT2D eigenvalue weighted by Gasteiger charge is 2.07. The van der Waals surface area contributed by atoms with Gasteiger partial charge in [-0.15, -0.1) is 0 Å². The number of nitrogens with zero attached hydrogens (tertiary/aromatic N) is 1. The largest absolute Gasteiger partial charge is 0.496 e. The molecular weight excluding hydrogens is 338 g/mol. The van der Waals surface area contributed by atoms with Crippen molar-refractivity contribution in [3.05, 3.63) is 51.4 Å². The van der Waals surface area contributed by atoms with E-state index in [1.165, 1.54) is 22.9 Å². The van der Waals surface area contributed by atoms with Crippen LogP contribution >= 0.6 is 15.9 Å². The number of ether oxygens (including phenoxy) is 1. The minimum Gasteiger partial charge on any atom is -0.496 e. The van der Waals surface area contributed by atoms with Gasteiger partial charge in [0.25, 0.3) is 5.56 Å². The highest BCUT2D eigenvalue weighted by atomic mass is 79.9. The summed E-state index contributed by atoms with van der Waals surface area (Å²) in [6, 6.07) is 7.98. The molecule has 0 atom stereocenters. The Hall–Kier alpha value is -2.28. The van der Waals surface area contributed by atoms with Crippen molar-refractivity contribution in [3.8, 4) is 5.75 Å². The van der Waals surface area contributed by atoms with E-state index in [1.807, 2.05) is 0 Å². The maximum Gasteiger partial charge on any atom is 0.251 e. The monoisotopic (exact) mass is 351 g/mol. The summed E-state index contributed by atoms with van der Waals surface area (Å²) in [4.78, 5) is 23.6. The number of aromatic nitrogens is 1. The molecule has 110 valence electrons. The molecule has 21 heavy (non-hydrogen) atoms. The quantitative estimate of drug-likeness (QED) is 0.879. The van der Waals surface area contributed by atoms with E-state index in [0.29, 0.717) is 17.1 Å². The number of hydrogen-bond donors (Lipinski definition) is 2. The second kappa shape index (κ2) is 6.45. The molecule has 2 aromatic rings. The number of rotatable bonds is 4. The molecular formula is C14H14BrN3O3. The number of pyridine rings is 1. The predicted octanol–water partition coefficient (Wildman–Crippen LogP) is 1.84. The number of nitrogen functional groups attached to an aromatic ring is 1. The van der Waals surface area contributed by atoms with Crippen LogP contribution in [0.25, 0.3) is 0 Å². The van der Waals surface area contributed by atoms with Crippen LogP contribution in [0.1, 0.15) is 0 Å². The number of halogens is 1. The van der Waals surface area contributed by atoms with Crippen LogP contribution in [-0.4, -0.2) is 17.6 Å². The molecule has 0 fully saturated rings. The molecule has 2 rings (SSSR count). The van der Waals surface area contributed by atoms with Gasteiger partial charge >= 0.3 is 0 Å². The number of anilines is 2. The van der Waals surface area contributed by atoms with E-state index < -0.39 is 0 Å². The molecule has 1 aromatic carbocycles. The number of methoxy groups -OCH3 is 1. The first kappa shape index (κ1) is 15.1. The first-order valence-electron chi connectivity index (χ1n) is 6.09. The van der Waals surface area contributed by atoms with Crippen LogP contribution in [0.15, 0.2) is 45.8 Å². The molecule has 0 aliphatic heterocycles. The van der Waals surface area contributed by atoms with E-state index in [-0.39, 0.29) is 18.0 Å². The Morgan fingerprint density at radius 2 is 2.14 bits per heavy atom. The van der Waals surface area contributed by atoms with Crippen molar-refractivity contribution in [2.75, 3.05) is 18.2 Å². The van der Waals surface area contributed by atoms with Crippen LogP contribution in [0.5, 0.6) is 5.75 Å². The van der Waals surface area contributed by atoms with E-state index in [4.69, 9.17) is 10.5 Å². The number of hydrogen-bond acceptors (Lipinski definition) is 4. The fourth-order valence-electron chi connectivity index (χ4n) is 1.77. The molecule has 7 heteroatoms. The lowest BCUT2D eigenvalue weighted by molar-refractivity contribution is -0.116. The third-order valence-corrected chi connectivity index (χ3v) is 3.38. The van der Waals surface area contributed by atoms with Gasteiger partial charge in [-0.3, -0.25) is 9.59 Å². The summed E-state index contributed by atoms with van der Waals surface area (Å²) in [6.07, 6.45) is 1.44. The summed E-state index contributed by atoms with van der Waals surface area (Å²) < 4.78 is 7.09. The Labute approximate surface area is 129 Å². The van der Waals surface area contributed by atoms with Crippen molar-refractivity contribution in [1.82, 2.24) is 4.57 Å². The maximum absolute atomic E-state index is 12.0. The van der Waals surface area contributed by atoms with Crippen LogP contribution in [0, 0.1) is 0 Å². The SMILES string of the molecule is COc1ccc(NC(=O)Cn2cc(N)ccc2=O)cc1Br. The van der Waals surface area contributed by atoms with Crippen molar-refractivity contribution in [2.45, 2.75) is 6.54 Å². The Morgan fingerprint density at radius 1 is 1.38 bits per heavy atom. The smallest absolute Gasteiger partial charge is 0.251 e.